The van der Waals surface area contributed by atoms with Crippen molar-refractivity contribution in [3.63, 3.8) is 0 Å². The van der Waals surface area contributed by atoms with Gasteiger partial charge in [0.2, 0.25) is 0 Å². The van der Waals surface area contributed by atoms with Crippen LogP contribution in [0.25, 0.3) is 0 Å². The molecule has 3 fully saturated rings. The summed E-state index contributed by atoms with van der Waals surface area (Å²) in [4.78, 5) is 0. The molecule has 0 amide bonds. The van der Waals surface area contributed by atoms with Gasteiger partial charge in [-0.2, -0.15) is 0 Å². The fourth-order valence-electron chi connectivity index (χ4n) is 6.66. The molecule has 2 bridgehead atoms. The Kier molecular flexibility index (Phi) is 4.98. The standard InChI is InChI=1S/C22H39N/c1-6-9-17-18-14-20(18)22(10-7-2)12-8-11-21(4,15-22)19(17)13-16(3)23-5/h9,16,18-20,23H,6-8,10-15H2,1-5H3/b17-9+. The molecule has 132 valence electrons. The van der Waals surface area contributed by atoms with Crippen LogP contribution in [-0.2, 0) is 0 Å². The Morgan fingerprint density at radius 1 is 1.30 bits per heavy atom. The summed E-state index contributed by atoms with van der Waals surface area (Å²) in [7, 11) is 2.13. The zero-order chi connectivity index (χ0) is 16.7. The van der Waals surface area contributed by atoms with E-state index in [0.29, 0.717) is 16.9 Å². The van der Waals surface area contributed by atoms with Gasteiger partial charge in [0.1, 0.15) is 0 Å². The Bertz CT molecular complexity index is 449. The van der Waals surface area contributed by atoms with Gasteiger partial charge in [-0.15, -0.1) is 0 Å². The predicted octanol–water partition coefficient (Wildman–Crippen LogP) is 5.95. The van der Waals surface area contributed by atoms with Crippen LogP contribution in [0.4, 0.5) is 0 Å². The van der Waals surface area contributed by atoms with Crippen LogP contribution in [0.1, 0.15) is 85.5 Å². The molecule has 0 aromatic carbocycles. The van der Waals surface area contributed by atoms with Crippen LogP contribution in [0.5, 0.6) is 0 Å². The molecular formula is C22H39N. The average Bonchev–Trinajstić information content (AvgIpc) is 3.31. The Morgan fingerprint density at radius 3 is 2.74 bits per heavy atom. The number of hydrogen-bond donors (Lipinski definition) is 1. The van der Waals surface area contributed by atoms with E-state index in [9.17, 15) is 0 Å². The SMILES string of the molecule is CC/C=C1\C2CC2C2(CCC)CCCC(C)(C2)C1CC(C)NC. The van der Waals surface area contributed by atoms with Crippen LogP contribution in [0, 0.1) is 28.6 Å². The van der Waals surface area contributed by atoms with Crippen molar-refractivity contribution >= 4 is 0 Å². The maximum Gasteiger partial charge on any atom is 0.00416 e. The predicted molar refractivity (Wildman–Crippen MR) is 101 cm³/mol. The van der Waals surface area contributed by atoms with Gasteiger partial charge >= 0.3 is 0 Å². The van der Waals surface area contributed by atoms with Gasteiger partial charge in [-0.25, -0.2) is 0 Å². The molecule has 23 heavy (non-hydrogen) atoms. The molecule has 3 aliphatic rings. The van der Waals surface area contributed by atoms with Gasteiger partial charge < -0.3 is 5.32 Å². The van der Waals surface area contributed by atoms with E-state index in [4.69, 9.17) is 0 Å². The van der Waals surface area contributed by atoms with Crippen LogP contribution < -0.4 is 5.32 Å². The summed E-state index contributed by atoms with van der Waals surface area (Å²) in [6, 6.07) is 0.634. The third-order valence-electron chi connectivity index (χ3n) is 7.70. The van der Waals surface area contributed by atoms with E-state index in [1.165, 1.54) is 57.8 Å². The van der Waals surface area contributed by atoms with Crippen LogP contribution in [0.2, 0.25) is 0 Å². The third kappa shape index (κ3) is 3.03. The van der Waals surface area contributed by atoms with Crippen molar-refractivity contribution in [2.75, 3.05) is 7.05 Å². The molecule has 3 aliphatic carbocycles. The summed E-state index contributed by atoms with van der Waals surface area (Å²) in [6.07, 6.45) is 15.5. The molecule has 3 saturated carbocycles. The molecule has 0 saturated heterocycles. The highest BCUT2D eigenvalue weighted by Gasteiger charge is 2.61. The minimum Gasteiger partial charge on any atom is -0.317 e. The molecular weight excluding hydrogens is 278 g/mol. The molecule has 6 unspecified atom stereocenters. The van der Waals surface area contributed by atoms with Gasteiger partial charge in [-0.3, -0.25) is 0 Å². The largest absolute Gasteiger partial charge is 0.317 e. The van der Waals surface area contributed by atoms with E-state index in [2.05, 4.69) is 46.1 Å². The number of nitrogens with one attached hydrogen (secondary N) is 1. The van der Waals surface area contributed by atoms with Gasteiger partial charge in [0.05, 0.1) is 0 Å². The molecule has 0 spiro atoms. The fourth-order valence-corrected chi connectivity index (χ4v) is 6.66. The summed E-state index contributed by atoms with van der Waals surface area (Å²) >= 11 is 0. The lowest BCUT2D eigenvalue weighted by Gasteiger charge is -2.50. The molecule has 0 heterocycles. The molecule has 6 atom stereocenters. The van der Waals surface area contributed by atoms with Gasteiger partial charge in [-0.1, -0.05) is 45.3 Å². The van der Waals surface area contributed by atoms with Crippen LogP contribution >= 0.6 is 0 Å². The second-order valence-corrected chi connectivity index (χ2v) is 9.34. The van der Waals surface area contributed by atoms with Crippen molar-refractivity contribution in [3.05, 3.63) is 11.6 Å². The van der Waals surface area contributed by atoms with Crippen molar-refractivity contribution in [2.24, 2.45) is 28.6 Å². The first-order valence-corrected chi connectivity index (χ1v) is 10.4. The van der Waals surface area contributed by atoms with Crippen LogP contribution in [0.3, 0.4) is 0 Å². The summed E-state index contributed by atoms with van der Waals surface area (Å²) in [5.74, 6) is 2.78. The molecule has 0 aromatic heterocycles. The Hall–Kier alpha value is -0.300. The molecule has 0 aliphatic heterocycles. The first kappa shape index (κ1) is 17.5. The van der Waals surface area contributed by atoms with Crippen molar-refractivity contribution < 1.29 is 0 Å². The molecule has 3 rings (SSSR count). The minimum absolute atomic E-state index is 0.549. The highest BCUT2D eigenvalue weighted by Crippen LogP contribution is 2.71. The fraction of sp³-hybridized carbons (Fsp3) is 0.909. The monoisotopic (exact) mass is 317 g/mol. The molecule has 0 radical (unpaired) electrons. The highest BCUT2D eigenvalue weighted by molar-refractivity contribution is 5.28. The van der Waals surface area contributed by atoms with Crippen molar-refractivity contribution in [1.82, 2.24) is 5.32 Å². The van der Waals surface area contributed by atoms with Crippen molar-refractivity contribution in [2.45, 2.75) is 91.5 Å². The quantitative estimate of drug-likeness (QED) is 0.597. The third-order valence-corrected chi connectivity index (χ3v) is 7.70. The maximum atomic E-state index is 3.52. The maximum absolute atomic E-state index is 3.52. The summed E-state index contributed by atoms with van der Waals surface area (Å²) in [5, 5.41) is 3.52. The lowest BCUT2D eigenvalue weighted by atomic mass is 9.55. The first-order chi connectivity index (χ1) is 11.0. The van der Waals surface area contributed by atoms with Crippen molar-refractivity contribution in [3.8, 4) is 0 Å². The number of hydrogen-bond acceptors (Lipinski definition) is 1. The number of fused-ring (bicyclic) bond motifs is 4. The van der Waals surface area contributed by atoms with Crippen molar-refractivity contribution in [1.29, 1.82) is 0 Å². The molecule has 0 aromatic rings. The smallest absolute Gasteiger partial charge is 0.00416 e. The van der Waals surface area contributed by atoms with Crippen LogP contribution in [0.15, 0.2) is 11.6 Å². The Balaban J connectivity index is 1.98. The molecule has 1 nitrogen and oxygen atoms in total. The van der Waals surface area contributed by atoms with E-state index >= 15 is 0 Å². The summed E-state index contributed by atoms with van der Waals surface area (Å²) in [6.45, 7) is 9.78. The second kappa shape index (κ2) is 6.54. The van der Waals surface area contributed by atoms with Crippen LogP contribution in [-0.4, -0.2) is 13.1 Å². The zero-order valence-electron chi connectivity index (χ0n) is 16.3. The van der Waals surface area contributed by atoms with E-state index in [0.717, 1.165) is 17.8 Å². The normalized spacial score (nSPS) is 45.4. The van der Waals surface area contributed by atoms with E-state index in [1.807, 2.05) is 5.57 Å². The minimum atomic E-state index is 0.549. The second-order valence-electron chi connectivity index (χ2n) is 9.34. The topological polar surface area (TPSA) is 12.0 Å². The average molecular weight is 318 g/mol. The first-order valence-electron chi connectivity index (χ1n) is 10.4. The van der Waals surface area contributed by atoms with Gasteiger partial charge in [0.15, 0.2) is 0 Å². The summed E-state index contributed by atoms with van der Waals surface area (Å²) in [5.41, 5.74) is 3.12. The lowest BCUT2D eigenvalue weighted by molar-refractivity contribution is 0.0187. The van der Waals surface area contributed by atoms with Gasteiger partial charge in [0, 0.05) is 6.04 Å². The van der Waals surface area contributed by atoms with Gasteiger partial charge in [0.25, 0.3) is 0 Å². The zero-order valence-corrected chi connectivity index (χ0v) is 16.3. The number of allylic oxidation sites excluding steroid dienone is 2. The lowest BCUT2D eigenvalue weighted by Crippen LogP contribution is -2.41. The Labute approximate surface area is 144 Å². The van der Waals surface area contributed by atoms with Gasteiger partial charge in [-0.05, 0) is 87.5 Å². The Morgan fingerprint density at radius 2 is 2.09 bits per heavy atom. The summed E-state index contributed by atoms with van der Waals surface area (Å²) < 4.78 is 0. The van der Waals surface area contributed by atoms with E-state index in [-0.39, 0.29) is 0 Å². The molecule has 1 N–H and O–H groups in total. The van der Waals surface area contributed by atoms with E-state index < -0.39 is 0 Å². The molecule has 1 heteroatoms. The highest BCUT2D eigenvalue weighted by atomic mass is 14.9. The van der Waals surface area contributed by atoms with E-state index in [1.54, 1.807) is 0 Å². The number of rotatable bonds is 6.